The summed E-state index contributed by atoms with van der Waals surface area (Å²) in [6.07, 6.45) is 0.540. The average molecular weight is 374 g/mol. The number of amides is 1. The van der Waals surface area contributed by atoms with E-state index >= 15 is 0 Å². The molecule has 3 rings (SSSR count). The monoisotopic (exact) mass is 373 g/mol. The molecule has 5 nitrogen and oxygen atoms in total. The van der Waals surface area contributed by atoms with E-state index in [-0.39, 0.29) is 24.2 Å². The third kappa shape index (κ3) is 4.67. The van der Waals surface area contributed by atoms with Gasteiger partial charge in [0, 0.05) is 23.4 Å². The molecular weight excluding hydrogens is 357 g/mol. The second-order valence-corrected chi connectivity index (χ2v) is 6.30. The van der Waals surface area contributed by atoms with Gasteiger partial charge in [0.15, 0.2) is 0 Å². The molecule has 0 radical (unpaired) electrons. The maximum Gasteiger partial charge on any atom is 0.227 e. The fourth-order valence-corrected chi connectivity index (χ4v) is 2.66. The number of hydrogen-bond donors (Lipinski definition) is 1. The summed E-state index contributed by atoms with van der Waals surface area (Å²) in [6.45, 7) is 1.89. The van der Waals surface area contributed by atoms with Gasteiger partial charge in [0.1, 0.15) is 5.82 Å². The smallest absolute Gasteiger partial charge is 0.227 e. The second kappa shape index (κ2) is 8.10. The Hall–Kier alpha value is -2.73. The predicted octanol–water partition coefficient (Wildman–Crippen LogP) is 4.34. The van der Waals surface area contributed by atoms with Gasteiger partial charge in [0.25, 0.3) is 0 Å². The summed E-state index contributed by atoms with van der Waals surface area (Å²) >= 11 is 5.97. The summed E-state index contributed by atoms with van der Waals surface area (Å²) in [5.41, 5.74) is 1.59. The first kappa shape index (κ1) is 18.1. The minimum absolute atomic E-state index is 0.126. The summed E-state index contributed by atoms with van der Waals surface area (Å²) < 4.78 is 18.1. The van der Waals surface area contributed by atoms with E-state index in [1.807, 2.05) is 25.1 Å². The van der Waals surface area contributed by atoms with Gasteiger partial charge in [-0.25, -0.2) is 4.39 Å². The lowest BCUT2D eigenvalue weighted by atomic mass is 10.1. The van der Waals surface area contributed by atoms with Crippen molar-refractivity contribution in [3.8, 4) is 11.4 Å². The molecule has 0 aliphatic carbocycles. The molecule has 7 heteroatoms. The molecule has 1 amide bonds. The van der Waals surface area contributed by atoms with Crippen molar-refractivity contribution < 1.29 is 13.7 Å². The molecule has 1 atom stereocenters. The van der Waals surface area contributed by atoms with Crippen molar-refractivity contribution in [2.24, 2.45) is 0 Å². The Morgan fingerprint density at radius 2 is 2.04 bits per heavy atom. The van der Waals surface area contributed by atoms with E-state index in [9.17, 15) is 9.18 Å². The summed E-state index contributed by atoms with van der Waals surface area (Å²) in [5, 5.41) is 7.39. The first-order valence-corrected chi connectivity index (χ1v) is 8.52. The van der Waals surface area contributed by atoms with Crippen LogP contribution >= 0.6 is 11.6 Å². The van der Waals surface area contributed by atoms with Gasteiger partial charge in [-0.15, -0.1) is 0 Å². The fourth-order valence-electron chi connectivity index (χ4n) is 2.47. The summed E-state index contributed by atoms with van der Waals surface area (Å²) in [5.74, 6) is 0.268. The topological polar surface area (TPSA) is 68.0 Å². The number of nitrogens with zero attached hydrogens (tertiary/aromatic N) is 2. The lowest BCUT2D eigenvalue weighted by Gasteiger charge is -2.14. The highest BCUT2D eigenvalue weighted by Crippen LogP contribution is 2.18. The van der Waals surface area contributed by atoms with Crippen LogP contribution in [0.25, 0.3) is 11.4 Å². The Balaban J connectivity index is 1.54. The number of halogens is 2. The zero-order valence-corrected chi connectivity index (χ0v) is 14.8. The largest absolute Gasteiger partial charge is 0.350 e. The molecule has 0 spiro atoms. The normalized spacial score (nSPS) is 12.0. The van der Waals surface area contributed by atoms with Gasteiger partial charge in [-0.1, -0.05) is 28.9 Å². The third-order valence-corrected chi connectivity index (χ3v) is 4.10. The summed E-state index contributed by atoms with van der Waals surface area (Å²) in [4.78, 5) is 16.4. The third-order valence-electron chi connectivity index (χ3n) is 3.86. The highest BCUT2D eigenvalue weighted by atomic mass is 35.5. The maximum absolute atomic E-state index is 13.0. The van der Waals surface area contributed by atoms with E-state index in [1.54, 1.807) is 18.2 Å². The van der Waals surface area contributed by atoms with Crippen LogP contribution in [0.1, 0.15) is 30.8 Å². The van der Waals surface area contributed by atoms with Crippen LogP contribution in [-0.4, -0.2) is 16.0 Å². The molecule has 0 bridgehead atoms. The lowest BCUT2D eigenvalue weighted by Crippen LogP contribution is -2.26. The fraction of sp³-hybridized carbons (Fsp3) is 0.211. The number of rotatable bonds is 6. The van der Waals surface area contributed by atoms with Gasteiger partial charge in [0.2, 0.25) is 17.6 Å². The Labute approximate surface area is 155 Å². The minimum atomic E-state index is -0.331. The number of benzene rings is 2. The Morgan fingerprint density at radius 1 is 1.27 bits per heavy atom. The van der Waals surface area contributed by atoms with Gasteiger partial charge >= 0.3 is 0 Å². The summed E-state index contributed by atoms with van der Waals surface area (Å²) in [6, 6.07) is 13.0. The van der Waals surface area contributed by atoms with Crippen LogP contribution in [0.4, 0.5) is 4.39 Å². The van der Waals surface area contributed by atoms with Gasteiger partial charge in [-0.2, -0.15) is 4.98 Å². The van der Waals surface area contributed by atoms with Crippen molar-refractivity contribution in [1.29, 1.82) is 0 Å². The van der Waals surface area contributed by atoms with Crippen molar-refractivity contribution in [2.45, 2.75) is 25.8 Å². The van der Waals surface area contributed by atoms with Crippen LogP contribution in [0.5, 0.6) is 0 Å². The average Bonchev–Trinajstić information content (AvgIpc) is 3.09. The van der Waals surface area contributed by atoms with Crippen LogP contribution in [0, 0.1) is 5.82 Å². The molecular formula is C19H17ClFN3O2. The Morgan fingerprint density at radius 3 is 2.77 bits per heavy atom. The van der Waals surface area contributed by atoms with Crippen molar-refractivity contribution in [3.05, 3.63) is 70.8 Å². The second-order valence-electron chi connectivity index (χ2n) is 5.86. The molecule has 1 N–H and O–H groups in total. The molecule has 1 aromatic heterocycles. The number of carbonyl (C=O) groups excluding carboxylic acids is 1. The van der Waals surface area contributed by atoms with E-state index in [4.69, 9.17) is 16.1 Å². The number of aryl methyl sites for hydroxylation is 1. The maximum atomic E-state index is 13.0. The molecule has 0 saturated heterocycles. The molecule has 0 saturated carbocycles. The van der Waals surface area contributed by atoms with Crippen LogP contribution in [0.15, 0.2) is 53.1 Å². The van der Waals surface area contributed by atoms with Crippen LogP contribution in [-0.2, 0) is 11.2 Å². The number of nitrogens with one attached hydrogen (secondary N) is 1. The van der Waals surface area contributed by atoms with Crippen LogP contribution < -0.4 is 5.32 Å². The molecule has 0 fully saturated rings. The quantitative estimate of drug-likeness (QED) is 0.698. The zero-order valence-electron chi connectivity index (χ0n) is 14.1. The minimum Gasteiger partial charge on any atom is -0.350 e. The lowest BCUT2D eigenvalue weighted by molar-refractivity contribution is -0.121. The van der Waals surface area contributed by atoms with E-state index in [1.165, 1.54) is 12.1 Å². The zero-order chi connectivity index (χ0) is 18.5. The van der Waals surface area contributed by atoms with Crippen molar-refractivity contribution >= 4 is 17.5 Å². The Bertz CT molecular complexity index is 896. The van der Waals surface area contributed by atoms with E-state index in [2.05, 4.69) is 15.5 Å². The van der Waals surface area contributed by atoms with E-state index in [0.717, 1.165) is 5.56 Å². The highest BCUT2D eigenvalue weighted by Gasteiger charge is 2.13. The molecule has 0 aliphatic heterocycles. The molecule has 1 heterocycles. The van der Waals surface area contributed by atoms with Crippen molar-refractivity contribution in [2.75, 3.05) is 0 Å². The van der Waals surface area contributed by atoms with E-state index < -0.39 is 0 Å². The van der Waals surface area contributed by atoms with Crippen LogP contribution in [0.2, 0.25) is 5.02 Å². The summed E-state index contributed by atoms with van der Waals surface area (Å²) in [7, 11) is 0. The number of hydrogen-bond acceptors (Lipinski definition) is 4. The van der Waals surface area contributed by atoms with Gasteiger partial charge in [0.05, 0.1) is 6.04 Å². The van der Waals surface area contributed by atoms with E-state index in [0.29, 0.717) is 28.7 Å². The molecule has 2 aromatic carbocycles. The number of carbonyl (C=O) groups is 1. The van der Waals surface area contributed by atoms with Gasteiger partial charge in [-0.05, 0) is 48.9 Å². The Kier molecular flexibility index (Phi) is 5.63. The van der Waals surface area contributed by atoms with Crippen LogP contribution in [0.3, 0.4) is 0 Å². The first-order valence-electron chi connectivity index (χ1n) is 8.14. The molecule has 0 unspecified atom stereocenters. The molecule has 26 heavy (non-hydrogen) atoms. The molecule has 3 aromatic rings. The SMILES string of the molecule is C[C@@H](NC(=O)CCc1nc(-c2ccc(F)cc2)no1)c1cccc(Cl)c1. The number of aromatic nitrogens is 2. The molecule has 0 aliphatic rings. The van der Waals surface area contributed by atoms with Gasteiger partial charge < -0.3 is 9.84 Å². The van der Waals surface area contributed by atoms with Crippen molar-refractivity contribution in [3.63, 3.8) is 0 Å². The standard InChI is InChI=1S/C19H17ClFN3O2/c1-12(14-3-2-4-15(20)11-14)22-17(25)9-10-18-23-19(24-26-18)13-5-7-16(21)8-6-13/h2-8,11-12H,9-10H2,1H3,(H,22,25)/t12-/m1/s1. The van der Waals surface area contributed by atoms with Gasteiger partial charge in [-0.3, -0.25) is 4.79 Å². The van der Waals surface area contributed by atoms with Crippen molar-refractivity contribution in [1.82, 2.24) is 15.5 Å². The molecule has 134 valence electrons. The highest BCUT2D eigenvalue weighted by molar-refractivity contribution is 6.30. The first-order chi connectivity index (χ1) is 12.5. The predicted molar refractivity (Wildman–Crippen MR) is 96.0 cm³/mol.